The molecular weight excluding hydrogens is 172 g/mol. The van der Waals surface area contributed by atoms with Crippen molar-refractivity contribution in [2.45, 2.75) is 13.8 Å². The number of hydrogen-bond acceptors (Lipinski definition) is 4. The average Bonchev–Trinajstić information content (AvgIpc) is 2.06. The zero-order valence-electron chi connectivity index (χ0n) is 7.75. The van der Waals surface area contributed by atoms with Gasteiger partial charge < -0.3 is 9.47 Å². The molecule has 0 radical (unpaired) electrons. The number of carbonyl (C=O) groups excluding carboxylic acids is 2. The third kappa shape index (κ3) is 3.58. The van der Waals surface area contributed by atoms with E-state index in [9.17, 15) is 9.59 Å². The Morgan fingerprint density at radius 2 is 1.54 bits per heavy atom. The van der Waals surface area contributed by atoms with Crippen LogP contribution in [0.3, 0.4) is 0 Å². The first-order chi connectivity index (χ1) is 6.17. The van der Waals surface area contributed by atoms with E-state index in [0.717, 1.165) is 0 Å². The van der Waals surface area contributed by atoms with Crippen LogP contribution in [0.15, 0.2) is 17.9 Å². The van der Waals surface area contributed by atoms with Gasteiger partial charge in [0.25, 0.3) is 0 Å². The van der Waals surface area contributed by atoms with Crippen molar-refractivity contribution >= 4 is 11.9 Å². The van der Waals surface area contributed by atoms with Crippen LogP contribution in [0.5, 0.6) is 0 Å². The third-order valence-corrected chi connectivity index (χ3v) is 1.14. The maximum absolute atomic E-state index is 11.0. The third-order valence-electron chi connectivity index (χ3n) is 1.14. The van der Waals surface area contributed by atoms with Crippen LogP contribution in [0.4, 0.5) is 0 Å². The molecule has 0 bridgehead atoms. The molecule has 0 saturated carbocycles. The van der Waals surface area contributed by atoms with E-state index in [4.69, 9.17) is 0 Å². The second-order valence-corrected chi connectivity index (χ2v) is 1.99. The number of esters is 2. The van der Waals surface area contributed by atoms with Crippen LogP contribution < -0.4 is 0 Å². The number of rotatable bonds is 4. The van der Waals surface area contributed by atoms with E-state index in [1.54, 1.807) is 13.8 Å². The molecule has 0 atom stereocenters. The predicted octanol–water partition coefficient (Wildman–Crippen LogP) is 0.824. The second-order valence-electron chi connectivity index (χ2n) is 1.99. The first-order valence-electron chi connectivity index (χ1n) is 3.91. The van der Waals surface area contributed by atoms with E-state index in [1.807, 2.05) is 0 Å². The fraction of sp³-hybridized carbons (Fsp3) is 0.444. The standard InChI is InChI=1S/C9H12O4/c1-4-7(8(10)12-5-2)9(11)13-6-3/h1,5-6H2,2-3H3. The highest BCUT2D eigenvalue weighted by Gasteiger charge is 2.19. The summed E-state index contributed by atoms with van der Waals surface area (Å²) >= 11 is 0. The molecule has 0 spiro atoms. The first kappa shape index (κ1) is 11.5. The zero-order valence-corrected chi connectivity index (χ0v) is 7.75. The Morgan fingerprint density at radius 1 is 1.15 bits per heavy atom. The molecule has 0 aromatic heterocycles. The van der Waals surface area contributed by atoms with Gasteiger partial charge in [-0.05, 0) is 13.8 Å². The monoisotopic (exact) mass is 184 g/mol. The molecule has 0 amide bonds. The van der Waals surface area contributed by atoms with Gasteiger partial charge in [0.05, 0.1) is 13.2 Å². The van der Waals surface area contributed by atoms with Crippen molar-refractivity contribution in [1.82, 2.24) is 0 Å². The maximum atomic E-state index is 11.0. The summed E-state index contributed by atoms with van der Waals surface area (Å²) in [5.41, 5.74) is 1.90. The lowest BCUT2D eigenvalue weighted by Crippen LogP contribution is -2.17. The van der Waals surface area contributed by atoms with Gasteiger partial charge in [0.2, 0.25) is 0 Å². The summed E-state index contributed by atoms with van der Waals surface area (Å²) in [5.74, 6) is -1.51. The van der Waals surface area contributed by atoms with E-state index in [0.29, 0.717) is 0 Å². The molecule has 4 nitrogen and oxygen atoms in total. The smallest absolute Gasteiger partial charge is 0.353 e. The van der Waals surface area contributed by atoms with Crippen molar-refractivity contribution in [3.8, 4) is 0 Å². The van der Waals surface area contributed by atoms with Crippen molar-refractivity contribution in [1.29, 1.82) is 0 Å². The largest absolute Gasteiger partial charge is 0.462 e. The fourth-order valence-corrected chi connectivity index (χ4v) is 0.634. The Bertz CT molecular complexity index is 228. The van der Waals surface area contributed by atoms with E-state index >= 15 is 0 Å². The average molecular weight is 184 g/mol. The van der Waals surface area contributed by atoms with Crippen molar-refractivity contribution in [3.63, 3.8) is 0 Å². The highest BCUT2D eigenvalue weighted by Crippen LogP contribution is 1.99. The van der Waals surface area contributed by atoms with Crippen LogP contribution in [-0.4, -0.2) is 25.2 Å². The van der Waals surface area contributed by atoms with Crippen molar-refractivity contribution in [2.24, 2.45) is 0 Å². The van der Waals surface area contributed by atoms with Crippen molar-refractivity contribution in [3.05, 3.63) is 17.9 Å². The molecule has 0 aliphatic heterocycles. The minimum Gasteiger partial charge on any atom is -0.462 e. The van der Waals surface area contributed by atoms with E-state index < -0.39 is 11.9 Å². The predicted molar refractivity (Wildman–Crippen MR) is 45.9 cm³/mol. The molecule has 0 saturated heterocycles. The molecule has 0 rings (SSSR count). The van der Waals surface area contributed by atoms with E-state index in [1.165, 1.54) is 0 Å². The van der Waals surface area contributed by atoms with Gasteiger partial charge in [0.1, 0.15) is 0 Å². The topological polar surface area (TPSA) is 52.6 Å². The van der Waals surface area contributed by atoms with Gasteiger partial charge >= 0.3 is 11.9 Å². The fourth-order valence-electron chi connectivity index (χ4n) is 0.634. The summed E-state index contributed by atoms with van der Waals surface area (Å²) in [6.45, 7) is 6.88. The highest BCUT2D eigenvalue weighted by atomic mass is 16.6. The molecule has 0 unspecified atom stereocenters. The number of ether oxygens (including phenoxy) is 2. The number of carbonyl (C=O) groups is 2. The summed E-state index contributed by atoms with van der Waals surface area (Å²) in [6, 6.07) is 0. The molecule has 0 aromatic rings. The van der Waals surface area contributed by atoms with Gasteiger partial charge in [-0.1, -0.05) is 6.58 Å². The van der Waals surface area contributed by atoms with Crippen LogP contribution in [0.2, 0.25) is 0 Å². The summed E-state index contributed by atoms with van der Waals surface area (Å²) in [5, 5.41) is 0. The van der Waals surface area contributed by atoms with E-state index in [-0.39, 0.29) is 18.8 Å². The Balaban J connectivity index is 4.44. The van der Waals surface area contributed by atoms with Crippen molar-refractivity contribution in [2.75, 3.05) is 13.2 Å². The molecule has 0 aromatic carbocycles. The molecule has 0 fully saturated rings. The molecule has 72 valence electrons. The first-order valence-corrected chi connectivity index (χ1v) is 3.91. The Morgan fingerprint density at radius 3 is 1.77 bits per heavy atom. The van der Waals surface area contributed by atoms with Gasteiger partial charge in [0.15, 0.2) is 5.57 Å². The molecular formula is C9H12O4. The molecule has 13 heavy (non-hydrogen) atoms. The second kappa shape index (κ2) is 6.03. The van der Waals surface area contributed by atoms with Crippen LogP contribution in [0.25, 0.3) is 0 Å². The van der Waals surface area contributed by atoms with Gasteiger partial charge in [-0.25, -0.2) is 9.59 Å². The molecule has 0 aliphatic carbocycles. The van der Waals surface area contributed by atoms with Crippen LogP contribution >= 0.6 is 0 Å². The lowest BCUT2D eigenvalue weighted by molar-refractivity contribution is -0.146. The van der Waals surface area contributed by atoms with Gasteiger partial charge in [-0.3, -0.25) is 0 Å². The lowest BCUT2D eigenvalue weighted by atomic mass is 10.3. The molecule has 0 N–H and O–H groups in total. The summed E-state index contributed by atoms with van der Waals surface area (Å²) in [7, 11) is 0. The summed E-state index contributed by atoms with van der Waals surface area (Å²) < 4.78 is 9.17. The maximum Gasteiger partial charge on any atom is 0.353 e. The Kier molecular flexibility index (Phi) is 5.32. The Hall–Kier alpha value is -1.54. The van der Waals surface area contributed by atoms with Gasteiger partial charge in [-0.15, -0.1) is 5.73 Å². The SMILES string of the molecule is C=C=C(C(=O)OCC)C(=O)OCC. The normalized spacial score (nSPS) is 8.46. The van der Waals surface area contributed by atoms with Crippen LogP contribution in [0, 0.1) is 0 Å². The Labute approximate surface area is 76.8 Å². The highest BCUT2D eigenvalue weighted by molar-refractivity contribution is 6.13. The lowest BCUT2D eigenvalue weighted by Gasteiger charge is -2.03. The quantitative estimate of drug-likeness (QED) is 0.213. The summed E-state index contributed by atoms with van der Waals surface area (Å²) in [6.07, 6.45) is 0. The van der Waals surface area contributed by atoms with Gasteiger partial charge in [-0.2, -0.15) is 0 Å². The molecule has 4 heteroatoms. The molecule has 0 heterocycles. The summed E-state index contributed by atoms with van der Waals surface area (Å²) in [4.78, 5) is 22.1. The zero-order chi connectivity index (χ0) is 10.3. The van der Waals surface area contributed by atoms with E-state index in [2.05, 4.69) is 21.8 Å². The molecule has 0 aliphatic rings. The minimum atomic E-state index is -0.754. The van der Waals surface area contributed by atoms with Crippen LogP contribution in [0.1, 0.15) is 13.8 Å². The van der Waals surface area contributed by atoms with Crippen LogP contribution in [-0.2, 0) is 19.1 Å². The minimum absolute atomic E-state index is 0.198. The van der Waals surface area contributed by atoms with Gasteiger partial charge in [0, 0.05) is 0 Å². The van der Waals surface area contributed by atoms with Crippen molar-refractivity contribution < 1.29 is 19.1 Å². The number of hydrogen-bond donors (Lipinski definition) is 0.